The van der Waals surface area contributed by atoms with Crippen molar-refractivity contribution in [3.05, 3.63) is 28.8 Å². The molecule has 0 saturated carbocycles. The minimum Gasteiger partial charge on any atom is -0.507 e. The van der Waals surface area contributed by atoms with Crippen LogP contribution in [0.5, 0.6) is 5.75 Å². The van der Waals surface area contributed by atoms with Crippen molar-refractivity contribution in [3.63, 3.8) is 0 Å². The van der Waals surface area contributed by atoms with Crippen molar-refractivity contribution in [1.82, 2.24) is 0 Å². The molecular weight excluding hydrogens is 382 g/mol. The summed E-state index contributed by atoms with van der Waals surface area (Å²) in [4.78, 5) is 12.3. The summed E-state index contributed by atoms with van der Waals surface area (Å²) in [5, 5.41) is 6.22. The highest BCUT2D eigenvalue weighted by atomic mass is 32.2. The molecule has 6 nitrogen and oxygen atoms in total. The van der Waals surface area contributed by atoms with Gasteiger partial charge >= 0.3 is 21.3 Å². The molecule has 0 atom stereocenters. The van der Waals surface area contributed by atoms with Crippen molar-refractivity contribution < 1.29 is 36.0 Å². The summed E-state index contributed by atoms with van der Waals surface area (Å²) in [7, 11) is -4.60. The number of benzene rings is 1. The first-order valence-corrected chi connectivity index (χ1v) is 9.58. The third kappa shape index (κ3) is 5.16. The SMILES string of the molecule is COS(=O)(=O)C(F)(F)COC(=O)c1cc(C(C)(C)C)c(O)c(C(C)(C)C)c1. The first-order chi connectivity index (χ1) is 11.9. The van der Waals surface area contributed by atoms with Crippen LogP contribution in [0.2, 0.25) is 0 Å². The molecular formula is C18H26F2O6S. The molecule has 1 N–H and O–H groups in total. The van der Waals surface area contributed by atoms with Crippen LogP contribution in [0, 0.1) is 0 Å². The normalized spacial score (nSPS) is 13.5. The number of esters is 1. The fraction of sp³-hybridized carbons (Fsp3) is 0.611. The molecule has 0 aliphatic rings. The van der Waals surface area contributed by atoms with E-state index in [0.717, 1.165) is 0 Å². The number of hydrogen-bond acceptors (Lipinski definition) is 6. The predicted molar refractivity (Wildman–Crippen MR) is 96.7 cm³/mol. The molecule has 0 spiro atoms. The van der Waals surface area contributed by atoms with Crippen LogP contribution >= 0.6 is 0 Å². The number of rotatable bonds is 5. The predicted octanol–water partition coefficient (Wildman–Crippen LogP) is 3.71. The molecule has 1 aromatic carbocycles. The molecule has 1 rings (SSSR count). The molecule has 0 unspecified atom stereocenters. The van der Waals surface area contributed by atoms with Crippen molar-refractivity contribution >= 4 is 16.1 Å². The van der Waals surface area contributed by atoms with E-state index in [4.69, 9.17) is 0 Å². The fourth-order valence-corrected chi connectivity index (χ4v) is 2.77. The Hall–Kier alpha value is -1.74. The third-order valence-electron chi connectivity index (χ3n) is 3.92. The molecule has 27 heavy (non-hydrogen) atoms. The second-order valence-electron chi connectivity index (χ2n) is 8.25. The number of phenols is 1. The number of ether oxygens (including phenoxy) is 1. The number of halogens is 2. The molecule has 0 aliphatic heterocycles. The Balaban J connectivity index is 3.32. The largest absolute Gasteiger partial charge is 0.507 e. The van der Waals surface area contributed by atoms with Crippen LogP contribution in [0.3, 0.4) is 0 Å². The molecule has 0 heterocycles. The van der Waals surface area contributed by atoms with Crippen molar-refractivity contribution in [1.29, 1.82) is 0 Å². The van der Waals surface area contributed by atoms with E-state index in [9.17, 15) is 27.1 Å². The number of alkyl halides is 2. The summed E-state index contributed by atoms with van der Waals surface area (Å²) in [6.45, 7) is 9.25. The zero-order valence-corrected chi connectivity index (χ0v) is 17.3. The second-order valence-corrected chi connectivity index (χ2v) is 10.1. The molecule has 0 aromatic heterocycles. The van der Waals surface area contributed by atoms with Crippen LogP contribution in [-0.4, -0.2) is 38.5 Å². The topological polar surface area (TPSA) is 89.9 Å². The molecule has 0 fully saturated rings. The van der Waals surface area contributed by atoms with E-state index in [1.54, 1.807) is 0 Å². The highest BCUT2D eigenvalue weighted by Crippen LogP contribution is 2.40. The smallest absolute Gasteiger partial charge is 0.403 e. The van der Waals surface area contributed by atoms with Gasteiger partial charge in [0.15, 0.2) is 6.61 Å². The highest BCUT2D eigenvalue weighted by molar-refractivity contribution is 7.87. The minimum atomic E-state index is -5.20. The summed E-state index contributed by atoms with van der Waals surface area (Å²) in [6, 6.07) is 2.71. The molecule has 0 radical (unpaired) electrons. The maximum absolute atomic E-state index is 13.6. The van der Waals surface area contributed by atoms with Crippen LogP contribution in [0.25, 0.3) is 0 Å². The maximum atomic E-state index is 13.6. The Bertz CT molecular complexity index is 782. The van der Waals surface area contributed by atoms with E-state index < -0.39 is 38.8 Å². The van der Waals surface area contributed by atoms with E-state index in [1.807, 2.05) is 41.5 Å². The van der Waals surface area contributed by atoms with Crippen LogP contribution in [0.15, 0.2) is 12.1 Å². The van der Waals surface area contributed by atoms with Crippen LogP contribution in [-0.2, 0) is 29.9 Å². The molecule has 9 heteroatoms. The van der Waals surface area contributed by atoms with Gasteiger partial charge in [-0.1, -0.05) is 41.5 Å². The summed E-state index contributed by atoms with van der Waals surface area (Å²) in [5.74, 6) is -1.11. The average molecular weight is 408 g/mol. The summed E-state index contributed by atoms with van der Waals surface area (Å²) in [6.07, 6.45) is 0. The summed E-state index contributed by atoms with van der Waals surface area (Å²) < 4.78 is 58.0. The number of carbonyl (C=O) groups is 1. The van der Waals surface area contributed by atoms with Crippen molar-refractivity contribution in [3.8, 4) is 5.75 Å². The van der Waals surface area contributed by atoms with Gasteiger partial charge in [-0.05, 0) is 23.0 Å². The van der Waals surface area contributed by atoms with Crippen molar-refractivity contribution in [2.45, 2.75) is 57.6 Å². The summed E-state index contributed by atoms with van der Waals surface area (Å²) >= 11 is 0. The lowest BCUT2D eigenvalue weighted by atomic mass is 9.78. The Morgan fingerprint density at radius 2 is 1.44 bits per heavy atom. The van der Waals surface area contributed by atoms with Gasteiger partial charge in [0.2, 0.25) is 0 Å². The van der Waals surface area contributed by atoms with Gasteiger partial charge in [0.05, 0.1) is 12.7 Å². The zero-order chi connectivity index (χ0) is 21.4. The Labute approximate surface area is 158 Å². The Kier molecular flexibility index (Phi) is 6.34. The number of phenolic OH excluding ortho intramolecular Hbond substituents is 1. The van der Waals surface area contributed by atoms with E-state index in [1.165, 1.54) is 12.1 Å². The van der Waals surface area contributed by atoms with Crippen molar-refractivity contribution in [2.75, 3.05) is 13.7 Å². The molecule has 0 aliphatic carbocycles. The molecule has 0 saturated heterocycles. The Morgan fingerprint density at radius 3 is 1.78 bits per heavy atom. The van der Waals surface area contributed by atoms with E-state index in [2.05, 4.69) is 8.92 Å². The molecule has 154 valence electrons. The maximum Gasteiger partial charge on any atom is 0.403 e. The lowest BCUT2D eigenvalue weighted by molar-refractivity contribution is -0.0106. The van der Waals surface area contributed by atoms with Gasteiger partial charge in [-0.25, -0.2) is 4.79 Å². The zero-order valence-electron chi connectivity index (χ0n) is 16.5. The van der Waals surface area contributed by atoms with Gasteiger partial charge in [-0.3, -0.25) is 4.18 Å². The second kappa shape index (κ2) is 7.35. The summed E-state index contributed by atoms with van der Waals surface area (Å²) in [5.41, 5.74) is -0.252. The quantitative estimate of drug-likeness (QED) is 0.590. The monoisotopic (exact) mass is 408 g/mol. The van der Waals surface area contributed by atoms with Gasteiger partial charge in [-0.15, -0.1) is 0 Å². The fourth-order valence-electron chi connectivity index (χ4n) is 2.32. The first-order valence-electron chi connectivity index (χ1n) is 8.17. The van der Waals surface area contributed by atoms with Gasteiger partial charge in [0, 0.05) is 11.1 Å². The lowest BCUT2D eigenvalue weighted by Crippen LogP contribution is -2.35. The standard InChI is InChI=1S/C18H26F2O6S/c1-16(2,3)12-8-11(9-13(14(12)21)17(4,5)6)15(22)26-10-18(19,20)27(23,24)25-7/h8-9,21H,10H2,1-7H3. The third-order valence-corrected chi connectivity index (χ3v) is 5.21. The number of aromatic hydroxyl groups is 1. The number of carbonyl (C=O) groups excluding carboxylic acids is 1. The van der Waals surface area contributed by atoms with Gasteiger partial charge in [0.1, 0.15) is 5.75 Å². The Morgan fingerprint density at radius 1 is 1.04 bits per heavy atom. The van der Waals surface area contributed by atoms with Gasteiger partial charge < -0.3 is 9.84 Å². The molecule has 0 bridgehead atoms. The van der Waals surface area contributed by atoms with Crippen molar-refractivity contribution in [2.24, 2.45) is 0 Å². The van der Waals surface area contributed by atoms with E-state index in [-0.39, 0.29) is 11.3 Å². The highest BCUT2D eigenvalue weighted by Gasteiger charge is 2.47. The minimum absolute atomic E-state index is 0.0128. The average Bonchev–Trinajstić information content (AvgIpc) is 2.50. The van der Waals surface area contributed by atoms with E-state index in [0.29, 0.717) is 18.2 Å². The van der Waals surface area contributed by atoms with Gasteiger partial charge in [0.25, 0.3) is 0 Å². The first kappa shape index (κ1) is 23.3. The lowest BCUT2D eigenvalue weighted by Gasteiger charge is -2.28. The number of hydrogen-bond donors (Lipinski definition) is 1. The molecule has 1 aromatic rings. The molecule has 0 amide bonds. The van der Waals surface area contributed by atoms with Crippen LogP contribution in [0.1, 0.15) is 63.0 Å². The van der Waals surface area contributed by atoms with Crippen LogP contribution in [0.4, 0.5) is 8.78 Å². The van der Waals surface area contributed by atoms with Gasteiger partial charge in [-0.2, -0.15) is 17.2 Å². The van der Waals surface area contributed by atoms with Crippen LogP contribution < -0.4 is 0 Å². The van der Waals surface area contributed by atoms with E-state index >= 15 is 0 Å².